The van der Waals surface area contributed by atoms with E-state index in [9.17, 15) is 0 Å². The SMILES string of the molecule is NCCOCC(O)CO. The van der Waals surface area contributed by atoms with Crippen molar-refractivity contribution in [2.24, 2.45) is 5.73 Å². The highest BCUT2D eigenvalue weighted by molar-refractivity contribution is 4.48. The van der Waals surface area contributed by atoms with Crippen molar-refractivity contribution >= 4 is 0 Å². The summed E-state index contributed by atoms with van der Waals surface area (Å²) in [6.07, 6.45) is -0.767. The van der Waals surface area contributed by atoms with Crippen LogP contribution >= 0.6 is 0 Å². The molecule has 0 radical (unpaired) electrons. The Balaban J connectivity index is 2.88. The molecule has 0 aromatic heterocycles. The Morgan fingerprint density at radius 2 is 2.22 bits per heavy atom. The van der Waals surface area contributed by atoms with Crippen molar-refractivity contribution in [3.63, 3.8) is 0 Å². The van der Waals surface area contributed by atoms with E-state index in [0.29, 0.717) is 13.2 Å². The fourth-order valence-electron chi connectivity index (χ4n) is 0.355. The first-order valence-corrected chi connectivity index (χ1v) is 2.88. The topological polar surface area (TPSA) is 75.7 Å². The summed E-state index contributed by atoms with van der Waals surface area (Å²) in [5.74, 6) is 0. The van der Waals surface area contributed by atoms with Gasteiger partial charge in [-0.2, -0.15) is 0 Å². The van der Waals surface area contributed by atoms with Gasteiger partial charge in [0.25, 0.3) is 0 Å². The van der Waals surface area contributed by atoms with Crippen LogP contribution in [-0.2, 0) is 4.74 Å². The molecule has 0 spiro atoms. The molecule has 0 saturated heterocycles. The first-order valence-electron chi connectivity index (χ1n) is 2.88. The van der Waals surface area contributed by atoms with Crippen LogP contribution in [-0.4, -0.2) is 42.7 Å². The van der Waals surface area contributed by atoms with Crippen molar-refractivity contribution in [2.75, 3.05) is 26.4 Å². The third kappa shape index (κ3) is 5.72. The number of hydrogen-bond acceptors (Lipinski definition) is 4. The lowest BCUT2D eigenvalue weighted by Crippen LogP contribution is -2.21. The smallest absolute Gasteiger partial charge is 0.100 e. The maximum absolute atomic E-state index is 8.67. The molecule has 0 amide bonds. The van der Waals surface area contributed by atoms with E-state index in [-0.39, 0.29) is 13.2 Å². The minimum absolute atomic E-state index is 0.160. The zero-order valence-corrected chi connectivity index (χ0v) is 5.29. The molecule has 4 heteroatoms. The van der Waals surface area contributed by atoms with Gasteiger partial charge in [-0.3, -0.25) is 0 Å². The lowest BCUT2D eigenvalue weighted by molar-refractivity contribution is 0.00872. The Labute approximate surface area is 54.2 Å². The van der Waals surface area contributed by atoms with Crippen molar-refractivity contribution in [3.05, 3.63) is 0 Å². The van der Waals surface area contributed by atoms with Gasteiger partial charge in [-0.15, -0.1) is 0 Å². The number of hydrogen-bond donors (Lipinski definition) is 3. The van der Waals surface area contributed by atoms with Gasteiger partial charge in [0.05, 0.1) is 19.8 Å². The van der Waals surface area contributed by atoms with Crippen molar-refractivity contribution in [3.8, 4) is 0 Å². The third-order valence-corrected chi connectivity index (χ3v) is 0.783. The minimum Gasteiger partial charge on any atom is -0.394 e. The summed E-state index contributed by atoms with van der Waals surface area (Å²) in [5.41, 5.74) is 5.09. The van der Waals surface area contributed by atoms with Gasteiger partial charge < -0.3 is 20.7 Å². The molecule has 0 saturated carbocycles. The second kappa shape index (κ2) is 5.97. The summed E-state index contributed by atoms with van der Waals surface area (Å²) < 4.78 is 4.80. The summed E-state index contributed by atoms with van der Waals surface area (Å²) in [6.45, 7) is 0.771. The van der Waals surface area contributed by atoms with Crippen LogP contribution in [0.15, 0.2) is 0 Å². The monoisotopic (exact) mass is 135 g/mol. The molecule has 0 aromatic carbocycles. The molecule has 0 fully saturated rings. The Morgan fingerprint density at radius 1 is 1.56 bits per heavy atom. The van der Waals surface area contributed by atoms with Crippen molar-refractivity contribution < 1.29 is 14.9 Å². The molecule has 56 valence electrons. The number of rotatable bonds is 5. The van der Waals surface area contributed by atoms with Crippen molar-refractivity contribution in [1.29, 1.82) is 0 Å². The van der Waals surface area contributed by atoms with Gasteiger partial charge in [0, 0.05) is 6.54 Å². The Hall–Kier alpha value is -0.160. The van der Waals surface area contributed by atoms with E-state index in [1.807, 2.05) is 0 Å². The van der Waals surface area contributed by atoms with E-state index in [4.69, 9.17) is 20.7 Å². The van der Waals surface area contributed by atoms with Gasteiger partial charge in [-0.05, 0) is 0 Å². The number of aliphatic hydroxyl groups is 2. The minimum atomic E-state index is -0.767. The highest BCUT2D eigenvalue weighted by Crippen LogP contribution is 1.81. The van der Waals surface area contributed by atoms with Crippen LogP contribution in [0.5, 0.6) is 0 Å². The van der Waals surface area contributed by atoms with E-state index in [0.717, 1.165) is 0 Å². The second-order valence-corrected chi connectivity index (χ2v) is 1.70. The molecule has 9 heavy (non-hydrogen) atoms. The molecular weight excluding hydrogens is 122 g/mol. The highest BCUT2D eigenvalue weighted by Gasteiger charge is 1.99. The van der Waals surface area contributed by atoms with Gasteiger partial charge in [0.15, 0.2) is 0 Å². The largest absolute Gasteiger partial charge is 0.394 e. The van der Waals surface area contributed by atoms with Crippen LogP contribution in [0.4, 0.5) is 0 Å². The first kappa shape index (κ1) is 8.84. The van der Waals surface area contributed by atoms with Gasteiger partial charge in [0.1, 0.15) is 6.10 Å². The molecule has 0 heterocycles. The molecule has 0 aromatic rings. The van der Waals surface area contributed by atoms with E-state index in [2.05, 4.69) is 0 Å². The second-order valence-electron chi connectivity index (χ2n) is 1.70. The number of ether oxygens (including phenoxy) is 1. The zero-order chi connectivity index (χ0) is 7.11. The standard InChI is InChI=1S/C5H13NO3/c6-1-2-9-4-5(8)3-7/h5,7-8H,1-4,6H2. The van der Waals surface area contributed by atoms with Crippen LogP contribution in [0, 0.1) is 0 Å². The molecule has 1 atom stereocenters. The van der Waals surface area contributed by atoms with E-state index >= 15 is 0 Å². The van der Waals surface area contributed by atoms with Crippen LogP contribution < -0.4 is 5.73 Å². The quantitative estimate of drug-likeness (QED) is 0.393. The molecule has 4 nitrogen and oxygen atoms in total. The number of nitrogens with two attached hydrogens (primary N) is 1. The fourth-order valence-corrected chi connectivity index (χ4v) is 0.355. The predicted octanol–water partition coefficient (Wildman–Crippen LogP) is -1.69. The van der Waals surface area contributed by atoms with Crippen LogP contribution in [0.3, 0.4) is 0 Å². The summed E-state index contributed by atoms with van der Waals surface area (Å²) in [5, 5.41) is 16.9. The summed E-state index contributed by atoms with van der Waals surface area (Å²) in [6, 6.07) is 0. The van der Waals surface area contributed by atoms with Crippen molar-refractivity contribution in [2.45, 2.75) is 6.10 Å². The average molecular weight is 135 g/mol. The normalized spacial score (nSPS) is 13.7. The molecule has 4 N–H and O–H groups in total. The Morgan fingerprint density at radius 3 is 2.67 bits per heavy atom. The molecule has 0 aliphatic rings. The van der Waals surface area contributed by atoms with Gasteiger partial charge in [0.2, 0.25) is 0 Å². The molecule has 1 unspecified atom stereocenters. The first-order chi connectivity index (χ1) is 4.31. The number of aliphatic hydroxyl groups excluding tert-OH is 2. The summed E-state index contributed by atoms with van der Waals surface area (Å²) in [7, 11) is 0. The fraction of sp³-hybridized carbons (Fsp3) is 1.00. The summed E-state index contributed by atoms with van der Waals surface area (Å²) in [4.78, 5) is 0. The predicted molar refractivity (Wildman–Crippen MR) is 33.0 cm³/mol. The van der Waals surface area contributed by atoms with Gasteiger partial charge in [-0.1, -0.05) is 0 Å². The maximum atomic E-state index is 8.67. The van der Waals surface area contributed by atoms with Crippen LogP contribution in [0.2, 0.25) is 0 Å². The zero-order valence-electron chi connectivity index (χ0n) is 5.29. The molecule has 0 rings (SSSR count). The van der Waals surface area contributed by atoms with E-state index in [1.54, 1.807) is 0 Å². The van der Waals surface area contributed by atoms with Gasteiger partial charge >= 0.3 is 0 Å². The van der Waals surface area contributed by atoms with E-state index < -0.39 is 6.10 Å². The third-order valence-electron chi connectivity index (χ3n) is 0.783. The molecule has 0 aliphatic heterocycles. The van der Waals surface area contributed by atoms with Crippen molar-refractivity contribution in [1.82, 2.24) is 0 Å². The van der Waals surface area contributed by atoms with Crippen LogP contribution in [0.25, 0.3) is 0 Å². The van der Waals surface area contributed by atoms with E-state index in [1.165, 1.54) is 0 Å². The van der Waals surface area contributed by atoms with Crippen LogP contribution in [0.1, 0.15) is 0 Å². The lowest BCUT2D eigenvalue weighted by Gasteiger charge is -2.05. The Bertz CT molecular complexity index is 60.2. The molecular formula is C5H13NO3. The molecule has 0 aliphatic carbocycles. The average Bonchev–Trinajstić information content (AvgIpc) is 1.89. The summed E-state index contributed by atoms with van der Waals surface area (Å²) >= 11 is 0. The Kier molecular flexibility index (Phi) is 5.86. The highest BCUT2D eigenvalue weighted by atomic mass is 16.5. The maximum Gasteiger partial charge on any atom is 0.100 e. The molecule has 0 bridgehead atoms. The lowest BCUT2D eigenvalue weighted by atomic mass is 10.4. The van der Waals surface area contributed by atoms with Gasteiger partial charge in [-0.25, -0.2) is 0 Å².